The average molecular weight is 188 g/mol. The van der Waals surface area contributed by atoms with Gasteiger partial charge >= 0.3 is 0 Å². The maximum absolute atomic E-state index is 3.72. The molecule has 0 bridgehead atoms. The van der Waals surface area contributed by atoms with Crippen LogP contribution in [0.3, 0.4) is 0 Å². The predicted molar refractivity (Wildman–Crippen MR) is 59.1 cm³/mol. The van der Waals surface area contributed by atoms with Crippen molar-refractivity contribution in [1.29, 1.82) is 0 Å². The topological polar surface area (TPSA) is 15.3 Å². The van der Waals surface area contributed by atoms with Crippen LogP contribution in [0.5, 0.6) is 0 Å². The zero-order valence-electron chi connectivity index (χ0n) is 9.65. The lowest BCUT2D eigenvalue weighted by molar-refractivity contribution is 0.297. The molecule has 2 nitrogen and oxygen atoms in total. The molecule has 1 N–H and O–H groups in total. The van der Waals surface area contributed by atoms with Gasteiger partial charge in [0, 0.05) is 12.1 Å². The molecule has 3 heteroatoms. The van der Waals surface area contributed by atoms with Gasteiger partial charge in [-0.1, -0.05) is 19.6 Å². The van der Waals surface area contributed by atoms with Crippen molar-refractivity contribution >= 4 is 8.24 Å². The van der Waals surface area contributed by atoms with Gasteiger partial charge in [-0.3, -0.25) is 0 Å². The van der Waals surface area contributed by atoms with Gasteiger partial charge in [0.15, 0.2) is 0 Å². The van der Waals surface area contributed by atoms with E-state index in [1.165, 1.54) is 0 Å². The third-order valence-electron chi connectivity index (χ3n) is 1.42. The summed E-state index contributed by atoms with van der Waals surface area (Å²) in [6.07, 6.45) is 0. The summed E-state index contributed by atoms with van der Waals surface area (Å²) in [7, 11) is 3.10. The first-order valence-electron chi connectivity index (χ1n) is 4.56. The van der Waals surface area contributed by atoms with E-state index in [-0.39, 0.29) is 5.54 Å². The molecule has 0 saturated carbocycles. The molecule has 0 rings (SSSR count). The molecule has 0 spiro atoms. The van der Waals surface area contributed by atoms with Crippen LogP contribution in [-0.4, -0.2) is 39.3 Å². The minimum Gasteiger partial charge on any atom is -0.332 e. The highest BCUT2D eigenvalue weighted by Gasteiger charge is 2.25. The van der Waals surface area contributed by atoms with E-state index in [9.17, 15) is 0 Å². The van der Waals surface area contributed by atoms with E-state index in [2.05, 4.69) is 57.5 Å². The number of nitrogens with zero attached hydrogens (tertiary/aromatic N) is 1. The van der Waals surface area contributed by atoms with Crippen molar-refractivity contribution < 1.29 is 0 Å². The Morgan fingerprint density at radius 3 is 1.83 bits per heavy atom. The fraction of sp³-hybridized carbons (Fsp3) is 1.00. The molecule has 0 saturated heterocycles. The minimum absolute atomic E-state index is 0.244. The molecule has 74 valence electrons. The van der Waals surface area contributed by atoms with E-state index in [1.807, 2.05) is 0 Å². The van der Waals surface area contributed by atoms with Crippen LogP contribution in [0.1, 0.15) is 13.8 Å². The summed E-state index contributed by atoms with van der Waals surface area (Å²) >= 11 is 0. The summed E-state index contributed by atoms with van der Waals surface area (Å²) in [5, 5.41) is 0. The third kappa shape index (κ3) is 6.82. The Bertz CT molecular complexity index is 136. The Morgan fingerprint density at radius 2 is 1.58 bits per heavy atom. The molecule has 0 aromatic carbocycles. The molecule has 12 heavy (non-hydrogen) atoms. The summed E-state index contributed by atoms with van der Waals surface area (Å²) in [5.41, 5.74) is 0.244. The fourth-order valence-electron chi connectivity index (χ4n) is 1.85. The van der Waals surface area contributed by atoms with Gasteiger partial charge in [-0.15, -0.1) is 0 Å². The average Bonchev–Trinajstić information content (AvgIpc) is 1.48. The van der Waals surface area contributed by atoms with Crippen molar-refractivity contribution in [3.05, 3.63) is 0 Å². The fourth-order valence-corrected chi connectivity index (χ4v) is 3.95. The number of likely N-dealkylation sites (N-methyl/N-ethyl adjacent to an activating group) is 1. The van der Waals surface area contributed by atoms with E-state index in [1.54, 1.807) is 0 Å². The molecule has 0 aromatic heterocycles. The molecule has 0 atom stereocenters. The van der Waals surface area contributed by atoms with Gasteiger partial charge in [0.1, 0.15) is 8.24 Å². The van der Waals surface area contributed by atoms with Crippen LogP contribution in [0.4, 0.5) is 0 Å². The van der Waals surface area contributed by atoms with E-state index < -0.39 is 8.24 Å². The van der Waals surface area contributed by atoms with Gasteiger partial charge in [-0.05, 0) is 27.9 Å². The highest BCUT2D eigenvalue weighted by molar-refractivity contribution is 6.73. The Morgan fingerprint density at radius 1 is 1.17 bits per heavy atom. The zero-order chi connectivity index (χ0) is 9.99. The highest BCUT2D eigenvalue weighted by Crippen LogP contribution is 2.08. The smallest absolute Gasteiger partial charge is 0.116 e. The summed E-state index contributed by atoms with van der Waals surface area (Å²) < 4.78 is 0. The molecule has 0 aliphatic carbocycles. The third-order valence-corrected chi connectivity index (χ3v) is 2.85. The normalized spacial score (nSPS) is 14.0. The largest absolute Gasteiger partial charge is 0.332 e. The van der Waals surface area contributed by atoms with Gasteiger partial charge in [-0.25, -0.2) is 0 Å². The van der Waals surface area contributed by atoms with Crippen LogP contribution in [-0.2, 0) is 0 Å². The summed E-state index contributed by atoms with van der Waals surface area (Å²) in [4.78, 5) is 5.95. The first-order valence-corrected chi connectivity index (χ1v) is 8.06. The minimum atomic E-state index is -1.14. The van der Waals surface area contributed by atoms with Gasteiger partial charge < -0.3 is 9.88 Å². The van der Waals surface area contributed by atoms with E-state index in [4.69, 9.17) is 0 Å². The molecular formula is C9H24N2Si. The van der Waals surface area contributed by atoms with Gasteiger partial charge in [0.05, 0.1) is 0 Å². The number of hydrogen-bond acceptors (Lipinski definition) is 2. The van der Waals surface area contributed by atoms with Gasteiger partial charge in [0.2, 0.25) is 0 Å². The maximum Gasteiger partial charge on any atom is 0.116 e. The van der Waals surface area contributed by atoms with Gasteiger partial charge in [-0.2, -0.15) is 0 Å². The van der Waals surface area contributed by atoms with Crippen LogP contribution >= 0.6 is 0 Å². The van der Waals surface area contributed by atoms with Crippen LogP contribution in [0, 0.1) is 0 Å². The number of hydrogen-bond donors (Lipinski definition) is 1. The molecule has 0 unspecified atom stereocenters. The van der Waals surface area contributed by atoms with Crippen molar-refractivity contribution in [3.8, 4) is 0 Å². The summed E-state index contributed by atoms with van der Waals surface area (Å²) in [5.74, 6) is 0. The molecule has 0 fully saturated rings. The molecular weight excluding hydrogens is 164 g/mol. The Labute approximate surface area is 78.4 Å². The lowest BCUT2D eigenvalue weighted by Crippen LogP contribution is -2.57. The lowest BCUT2D eigenvalue weighted by Gasteiger charge is -2.35. The van der Waals surface area contributed by atoms with E-state index in [0.717, 1.165) is 6.54 Å². The molecule has 0 aliphatic rings. The second kappa shape index (κ2) is 3.90. The quantitative estimate of drug-likeness (QED) is 0.676. The van der Waals surface area contributed by atoms with Crippen molar-refractivity contribution in [2.45, 2.75) is 39.0 Å². The molecule has 0 aromatic rings. The second-order valence-corrected chi connectivity index (χ2v) is 10.2. The maximum atomic E-state index is 3.72. The molecule has 0 heterocycles. The monoisotopic (exact) mass is 188 g/mol. The zero-order valence-corrected chi connectivity index (χ0v) is 10.7. The van der Waals surface area contributed by atoms with Crippen molar-refractivity contribution in [1.82, 2.24) is 9.88 Å². The Kier molecular flexibility index (Phi) is 3.94. The van der Waals surface area contributed by atoms with Crippen molar-refractivity contribution in [3.63, 3.8) is 0 Å². The molecule has 0 amide bonds. The summed E-state index contributed by atoms with van der Waals surface area (Å²) in [6.45, 7) is 12.6. The number of nitrogens with one attached hydrogen (secondary N) is 1. The van der Waals surface area contributed by atoms with Crippen molar-refractivity contribution in [2.24, 2.45) is 0 Å². The summed E-state index contributed by atoms with van der Waals surface area (Å²) in [6, 6.07) is 0. The first kappa shape index (κ1) is 12.1. The first-order chi connectivity index (χ1) is 5.12. The van der Waals surface area contributed by atoms with Crippen molar-refractivity contribution in [2.75, 3.05) is 20.6 Å². The Hall–Kier alpha value is 0.137. The highest BCUT2D eigenvalue weighted by atomic mass is 28.3. The van der Waals surface area contributed by atoms with Gasteiger partial charge in [0.25, 0.3) is 0 Å². The van der Waals surface area contributed by atoms with Crippen LogP contribution in [0.2, 0.25) is 19.6 Å². The van der Waals surface area contributed by atoms with Crippen LogP contribution < -0.4 is 4.98 Å². The van der Waals surface area contributed by atoms with E-state index in [0.29, 0.717) is 0 Å². The Balaban J connectivity index is 4.04. The second-order valence-electron chi connectivity index (χ2n) is 5.50. The molecule has 0 radical (unpaired) electrons. The lowest BCUT2D eigenvalue weighted by atomic mass is 10.1. The number of rotatable bonds is 4. The van der Waals surface area contributed by atoms with Crippen LogP contribution in [0.15, 0.2) is 0 Å². The van der Waals surface area contributed by atoms with Crippen LogP contribution in [0.25, 0.3) is 0 Å². The van der Waals surface area contributed by atoms with E-state index >= 15 is 0 Å². The molecule has 0 aliphatic heterocycles. The standard InChI is InChI=1S/C9H24N2Si/c1-9(2,8-11(3)4)10-12(5,6)7/h10H,8H2,1-7H3. The SMILES string of the molecule is CN(C)CC(C)(C)N[Si](C)(C)C. The predicted octanol–water partition coefficient (Wildman–Crippen LogP) is 1.75.